The quantitative estimate of drug-likeness (QED) is 0.157. The summed E-state index contributed by atoms with van der Waals surface area (Å²) in [5.41, 5.74) is -0.0131. The molecule has 0 saturated carbocycles. The van der Waals surface area contributed by atoms with Crippen LogP contribution in [0, 0.1) is 5.92 Å². The van der Waals surface area contributed by atoms with Crippen LogP contribution in [0.15, 0.2) is 77.7 Å². The number of ether oxygens (including phenoxy) is 2. The molecule has 3 atom stereocenters. The van der Waals surface area contributed by atoms with E-state index in [0.29, 0.717) is 12.4 Å². The molecular weight excluding hydrogens is 451 g/mol. The summed E-state index contributed by atoms with van der Waals surface area (Å²) in [5.74, 6) is 0.0936. The zero-order valence-corrected chi connectivity index (χ0v) is 21.1. The van der Waals surface area contributed by atoms with E-state index in [0.717, 1.165) is 17.7 Å². The van der Waals surface area contributed by atoms with Crippen molar-refractivity contribution in [3.05, 3.63) is 78.4 Å². The summed E-state index contributed by atoms with van der Waals surface area (Å²) in [6.45, 7) is 4.27. The van der Waals surface area contributed by atoms with Crippen molar-refractivity contribution in [1.29, 1.82) is 0 Å². The molecule has 0 N–H and O–H groups in total. The molecule has 6 heteroatoms. The van der Waals surface area contributed by atoms with Crippen molar-refractivity contribution in [2.75, 3.05) is 25.1 Å². The third kappa shape index (κ3) is 6.66. The molecule has 0 bridgehead atoms. The van der Waals surface area contributed by atoms with E-state index in [-0.39, 0.29) is 18.7 Å². The zero-order chi connectivity index (χ0) is 23.5. The third-order valence-corrected chi connectivity index (χ3v) is 7.64. The van der Waals surface area contributed by atoms with Gasteiger partial charge < -0.3 is 9.47 Å². The summed E-state index contributed by atoms with van der Waals surface area (Å²) >= 11 is 1.71. The number of aryl methyl sites for hydroxylation is 1. The minimum atomic E-state index is -1.22. The van der Waals surface area contributed by atoms with Crippen molar-refractivity contribution >= 4 is 37.0 Å². The highest BCUT2D eigenvalue weighted by Gasteiger charge is 2.50. The Morgan fingerprint density at radius 3 is 2.39 bits per heavy atom. The highest BCUT2D eigenvalue weighted by atomic mass is 32.2. The van der Waals surface area contributed by atoms with Crippen LogP contribution in [0.5, 0.6) is 0 Å². The van der Waals surface area contributed by atoms with E-state index in [1.807, 2.05) is 37.3 Å². The molecule has 3 aromatic rings. The average molecular weight is 484 g/mol. The lowest BCUT2D eigenvalue weighted by Gasteiger charge is -2.35. The fraction of sp³-hybridized carbons (Fsp3) is 0.370. The molecule has 0 saturated heterocycles. The lowest BCUT2D eigenvalue weighted by molar-refractivity contribution is -0.175. The number of fused-ring (bicyclic) bond motifs is 1. The molecular formula is C27H32O4PS+. The molecule has 0 aliphatic heterocycles. The number of benzene rings is 3. The Kier molecular flexibility index (Phi) is 9.93. The molecule has 3 unspecified atom stereocenters. The van der Waals surface area contributed by atoms with E-state index in [1.54, 1.807) is 18.7 Å². The van der Waals surface area contributed by atoms with Crippen molar-refractivity contribution in [2.24, 2.45) is 5.92 Å². The van der Waals surface area contributed by atoms with Crippen molar-refractivity contribution < 1.29 is 18.8 Å². The van der Waals surface area contributed by atoms with Crippen LogP contribution in [-0.4, -0.2) is 36.7 Å². The summed E-state index contributed by atoms with van der Waals surface area (Å²) in [6.07, 6.45) is 1.67. The Bertz CT molecular complexity index is 1040. The smallest absolute Gasteiger partial charge is 0.343 e. The zero-order valence-electron chi connectivity index (χ0n) is 19.3. The minimum Gasteiger partial charge on any atom is -0.464 e. The van der Waals surface area contributed by atoms with Gasteiger partial charge in [0.1, 0.15) is 0 Å². The summed E-state index contributed by atoms with van der Waals surface area (Å²) in [5, 5.41) is 2.39. The van der Waals surface area contributed by atoms with Crippen molar-refractivity contribution in [3.8, 4) is 0 Å². The fourth-order valence-electron chi connectivity index (χ4n) is 4.12. The predicted molar refractivity (Wildman–Crippen MR) is 138 cm³/mol. The molecule has 3 rings (SSSR count). The highest BCUT2D eigenvalue weighted by Crippen LogP contribution is 2.36. The lowest BCUT2D eigenvalue weighted by atomic mass is 9.85. The number of esters is 1. The topological polar surface area (TPSA) is 52.6 Å². The number of thioether (sulfide) groups is 1. The maximum Gasteiger partial charge on any atom is 0.343 e. The SMILES string of the molecule is CCOC(=O)C(C[PH+]=O)(OCC)C(CCc1ccccc1)CSc1ccc2ccccc2c1. The van der Waals surface area contributed by atoms with Crippen LogP contribution < -0.4 is 0 Å². The van der Waals surface area contributed by atoms with Gasteiger partial charge in [-0.25, -0.2) is 4.79 Å². The van der Waals surface area contributed by atoms with Gasteiger partial charge in [-0.05, 0) is 55.2 Å². The highest BCUT2D eigenvalue weighted by molar-refractivity contribution is 7.99. The lowest BCUT2D eigenvalue weighted by Crippen LogP contribution is -2.52. The second-order valence-corrected chi connectivity index (χ2v) is 9.64. The summed E-state index contributed by atoms with van der Waals surface area (Å²) in [7, 11) is -0.647. The maximum atomic E-state index is 13.2. The van der Waals surface area contributed by atoms with Crippen LogP contribution in [0.25, 0.3) is 10.8 Å². The van der Waals surface area contributed by atoms with Crippen LogP contribution in [0.2, 0.25) is 0 Å². The van der Waals surface area contributed by atoms with E-state index in [4.69, 9.17) is 9.47 Å². The molecule has 0 aliphatic rings. The molecule has 0 aromatic heterocycles. The second-order valence-electron chi connectivity index (χ2n) is 7.91. The van der Waals surface area contributed by atoms with Gasteiger partial charge in [-0.3, -0.25) is 0 Å². The normalized spacial score (nSPS) is 14.1. The molecule has 0 fully saturated rings. The molecule has 0 amide bonds. The summed E-state index contributed by atoms with van der Waals surface area (Å²) in [6, 6.07) is 24.9. The fourth-order valence-corrected chi connectivity index (χ4v) is 6.07. The Morgan fingerprint density at radius 2 is 1.70 bits per heavy atom. The Hall–Kier alpha value is -2.20. The molecule has 0 aliphatic carbocycles. The molecule has 0 heterocycles. The van der Waals surface area contributed by atoms with Crippen molar-refractivity contribution in [2.45, 2.75) is 37.2 Å². The van der Waals surface area contributed by atoms with Crippen LogP contribution in [0.4, 0.5) is 0 Å². The number of rotatable bonds is 13. The van der Waals surface area contributed by atoms with E-state index < -0.39 is 20.0 Å². The Morgan fingerprint density at radius 1 is 0.970 bits per heavy atom. The van der Waals surface area contributed by atoms with Gasteiger partial charge in [-0.2, -0.15) is 0 Å². The summed E-state index contributed by atoms with van der Waals surface area (Å²) < 4.78 is 23.4. The van der Waals surface area contributed by atoms with Gasteiger partial charge in [-0.15, -0.1) is 11.8 Å². The van der Waals surface area contributed by atoms with Gasteiger partial charge in [0.2, 0.25) is 5.60 Å². The molecule has 33 heavy (non-hydrogen) atoms. The molecule has 0 radical (unpaired) electrons. The molecule has 174 valence electrons. The first kappa shape index (κ1) is 25.4. The summed E-state index contributed by atoms with van der Waals surface area (Å²) in [4.78, 5) is 14.3. The average Bonchev–Trinajstić information content (AvgIpc) is 2.84. The standard InChI is InChI=1S/C27H31O4PS/c1-3-30-26(28)27(20-32-29,31-4-2)24(16-14-21-10-6-5-7-11-21)19-33-25-17-15-22-12-8-9-13-23(22)18-25/h5-13,15,17-18,24H,3-4,14,16,19-20H2,1-2H3/p+1. The van der Waals surface area contributed by atoms with Crippen molar-refractivity contribution in [1.82, 2.24) is 0 Å². The first-order chi connectivity index (χ1) is 16.1. The molecule has 4 nitrogen and oxygen atoms in total. The van der Waals surface area contributed by atoms with E-state index >= 15 is 0 Å². The largest absolute Gasteiger partial charge is 0.464 e. The number of carbonyl (C=O) groups is 1. The Labute approximate surface area is 202 Å². The van der Waals surface area contributed by atoms with Gasteiger partial charge in [0.15, 0.2) is 6.16 Å². The Balaban J connectivity index is 1.89. The van der Waals surface area contributed by atoms with Crippen molar-refractivity contribution in [3.63, 3.8) is 0 Å². The number of carbonyl (C=O) groups excluding carboxylic acids is 1. The van der Waals surface area contributed by atoms with Crippen LogP contribution in [0.3, 0.4) is 0 Å². The third-order valence-electron chi connectivity index (χ3n) is 5.81. The monoisotopic (exact) mass is 483 g/mol. The van der Waals surface area contributed by atoms with Crippen LogP contribution in [0.1, 0.15) is 25.8 Å². The van der Waals surface area contributed by atoms with Crippen LogP contribution >= 0.6 is 20.2 Å². The van der Waals surface area contributed by atoms with Gasteiger partial charge in [0.25, 0.3) is 0 Å². The minimum absolute atomic E-state index is 0.136. The van der Waals surface area contributed by atoms with Crippen LogP contribution in [-0.2, 0) is 25.3 Å². The van der Waals surface area contributed by atoms with E-state index in [1.165, 1.54) is 16.3 Å². The number of hydrogen-bond acceptors (Lipinski definition) is 5. The van der Waals surface area contributed by atoms with E-state index in [9.17, 15) is 9.36 Å². The molecule has 3 aromatic carbocycles. The second kappa shape index (κ2) is 12.9. The van der Waals surface area contributed by atoms with E-state index in [2.05, 4.69) is 42.5 Å². The number of hydrogen-bond donors (Lipinski definition) is 0. The molecule has 0 spiro atoms. The van der Waals surface area contributed by atoms with Gasteiger partial charge in [0.05, 0.1) is 6.61 Å². The first-order valence-electron chi connectivity index (χ1n) is 11.4. The van der Waals surface area contributed by atoms with Gasteiger partial charge in [0, 0.05) is 23.2 Å². The predicted octanol–water partition coefficient (Wildman–Crippen LogP) is 6.54. The first-order valence-corrected chi connectivity index (χ1v) is 13.5. The van der Waals surface area contributed by atoms with Gasteiger partial charge in [-0.1, -0.05) is 65.2 Å². The van der Waals surface area contributed by atoms with Gasteiger partial charge >= 0.3 is 14.4 Å². The maximum absolute atomic E-state index is 13.2.